The van der Waals surface area contributed by atoms with Crippen molar-refractivity contribution in [2.24, 2.45) is 0 Å². The van der Waals surface area contributed by atoms with E-state index in [1.807, 2.05) is 0 Å². The lowest BCUT2D eigenvalue weighted by atomic mass is 10.1. The molecule has 1 atom stereocenters. The summed E-state index contributed by atoms with van der Waals surface area (Å²) < 4.78 is 0. The highest BCUT2D eigenvalue weighted by molar-refractivity contribution is 7.52. The van der Waals surface area contributed by atoms with E-state index < -0.39 is 0 Å². The van der Waals surface area contributed by atoms with Crippen molar-refractivity contribution in [3.05, 3.63) is 17.4 Å². The monoisotopic (exact) mass is 211 g/mol. The maximum Gasteiger partial charge on any atom is 0.0541 e. The van der Waals surface area contributed by atoms with E-state index in [1.165, 1.54) is 49.2 Å². The average Bonchev–Trinajstić information content (AvgIpc) is 2.54. The van der Waals surface area contributed by atoms with Crippen molar-refractivity contribution in [3.63, 3.8) is 0 Å². The quantitative estimate of drug-likeness (QED) is 0.741. The van der Waals surface area contributed by atoms with E-state index >= 15 is 0 Å². The smallest absolute Gasteiger partial charge is 0.0541 e. The fraction of sp³-hybridized carbons (Fsp3) is 0.667. The molecule has 1 nitrogen and oxygen atoms in total. The molecule has 2 N–H and O–H groups in total. The van der Waals surface area contributed by atoms with Crippen LogP contribution in [0.25, 0.3) is 0 Å². The number of unbranched alkanes of at least 4 members (excludes halogenated alkanes) is 2. The van der Waals surface area contributed by atoms with Crippen molar-refractivity contribution in [2.45, 2.75) is 52.1 Å². The van der Waals surface area contributed by atoms with Crippen LogP contribution >= 0.6 is 7.53 Å². The Balaban J connectivity index is 2.55. The van der Waals surface area contributed by atoms with Crippen LogP contribution in [0, 0.1) is 0 Å². The third kappa shape index (κ3) is 3.06. The maximum absolute atomic E-state index is 6.15. The molecule has 0 saturated carbocycles. The van der Waals surface area contributed by atoms with E-state index in [0.717, 1.165) is 0 Å². The van der Waals surface area contributed by atoms with Gasteiger partial charge < -0.3 is 5.73 Å². The van der Waals surface area contributed by atoms with Crippen LogP contribution in [0.1, 0.15) is 45.1 Å². The fourth-order valence-electron chi connectivity index (χ4n) is 1.63. The minimum absolute atomic E-state index is 0.0912. The first-order chi connectivity index (χ1) is 6.79. The molecule has 1 aromatic heterocycles. The number of hydrogen-bond acceptors (Lipinski definition) is 1. The van der Waals surface area contributed by atoms with Crippen molar-refractivity contribution in [1.82, 2.24) is 0 Å². The van der Waals surface area contributed by atoms with Gasteiger partial charge in [-0.15, -0.1) is 7.53 Å². The molecule has 1 aromatic rings. The molecule has 0 bridgehead atoms. The predicted molar refractivity (Wildman–Crippen MR) is 67.1 cm³/mol. The van der Waals surface area contributed by atoms with Gasteiger partial charge in [-0.2, -0.15) is 0 Å². The van der Waals surface area contributed by atoms with Crippen LogP contribution in [0.15, 0.2) is 11.9 Å². The minimum Gasteiger partial charge on any atom is -0.395 e. The lowest BCUT2D eigenvalue weighted by Gasteiger charge is -2.02. The van der Waals surface area contributed by atoms with Crippen molar-refractivity contribution < 1.29 is 0 Å². The van der Waals surface area contributed by atoms with Crippen LogP contribution < -0.4 is 5.73 Å². The van der Waals surface area contributed by atoms with Crippen LogP contribution in [0.2, 0.25) is 0 Å². The molecule has 0 saturated heterocycles. The first kappa shape index (κ1) is 11.7. The van der Waals surface area contributed by atoms with E-state index in [1.54, 1.807) is 0 Å². The van der Waals surface area contributed by atoms with Crippen LogP contribution in [0.5, 0.6) is 0 Å². The third-order valence-corrected chi connectivity index (χ3v) is 4.86. The number of rotatable bonds is 6. The number of aryl methyl sites for hydroxylation is 2. The molecule has 0 amide bonds. The molecule has 0 aromatic carbocycles. The molecule has 80 valence electrons. The molecule has 0 fully saturated rings. The van der Waals surface area contributed by atoms with Gasteiger partial charge in [-0.1, -0.05) is 32.8 Å². The van der Waals surface area contributed by atoms with Gasteiger partial charge in [0.25, 0.3) is 0 Å². The van der Waals surface area contributed by atoms with Gasteiger partial charge >= 0.3 is 0 Å². The van der Waals surface area contributed by atoms with E-state index in [2.05, 4.69) is 25.7 Å². The summed E-state index contributed by atoms with van der Waals surface area (Å²) in [4.78, 5) is 0. The van der Waals surface area contributed by atoms with Gasteiger partial charge in [-0.05, 0) is 36.8 Å². The van der Waals surface area contributed by atoms with Crippen molar-refractivity contribution in [1.29, 1.82) is 0 Å². The second-order valence-corrected chi connectivity index (χ2v) is 6.04. The fourth-order valence-corrected chi connectivity index (χ4v) is 3.75. The molecule has 1 rings (SSSR count). The van der Waals surface area contributed by atoms with Crippen molar-refractivity contribution >= 4 is 13.0 Å². The summed E-state index contributed by atoms with van der Waals surface area (Å²) in [6, 6.07) is 2.27. The lowest BCUT2D eigenvalue weighted by molar-refractivity contribution is 0.798. The molecule has 0 spiro atoms. The number of hydrogen-bond donors (Lipinski definition) is 1. The topological polar surface area (TPSA) is 26.0 Å². The highest BCUT2D eigenvalue weighted by Gasteiger charge is 2.05. The molecule has 2 heteroatoms. The van der Waals surface area contributed by atoms with Gasteiger partial charge in [0, 0.05) is 0 Å². The van der Waals surface area contributed by atoms with Gasteiger partial charge in [0.2, 0.25) is 0 Å². The molecule has 1 heterocycles. The number of nitrogens with two attached hydrogens (primary N) is 1. The normalized spacial score (nSPS) is 12.0. The summed E-state index contributed by atoms with van der Waals surface area (Å²) in [6.45, 7) is 4.47. The Morgan fingerprint density at radius 1 is 1.21 bits per heavy atom. The van der Waals surface area contributed by atoms with E-state index in [-0.39, 0.29) is 7.53 Å². The highest BCUT2D eigenvalue weighted by Crippen LogP contribution is 2.42. The molecule has 0 aliphatic rings. The molecule has 0 radical (unpaired) electrons. The van der Waals surface area contributed by atoms with Gasteiger partial charge in [0.15, 0.2) is 0 Å². The number of anilines is 1. The van der Waals surface area contributed by atoms with Crippen LogP contribution in [-0.2, 0) is 12.6 Å². The van der Waals surface area contributed by atoms with Crippen molar-refractivity contribution in [3.8, 4) is 0 Å². The summed E-state index contributed by atoms with van der Waals surface area (Å²) in [7, 11) is -0.0912. The third-order valence-electron chi connectivity index (χ3n) is 2.65. The maximum atomic E-state index is 6.15. The second-order valence-electron chi connectivity index (χ2n) is 3.88. The minimum atomic E-state index is -0.0912. The van der Waals surface area contributed by atoms with Gasteiger partial charge in [-0.25, -0.2) is 0 Å². The van der Waals surface area contributed by atoms with Crippen LogP contribution in [0.3, 0.4) is 0 Å². The summed E-state index contributed by atoms with van der Waals surface area (Å²) in [6.07, 6.45) is 7.62. The van der Waals surface area contributed by atoms with Crippen LogP contribution in [0.4, 0.5) is 5.42 Å². The van der Waals surface area contributed by atoms with E-state index in [0.29, 0.717) is 0 Å². The summed E-state index contributed by atoms with van der Waals surface area (Å²) in [5, 5.41) is 0. The Bertz CT molecular complexity index is 240. The number of nitrogen functional groups attached to an aromatic ring is 1. The largest absolute Gasteiger partial charge is 0.395 e. The Kier molecular flexibility index (Phi) is 5.11. The SMILES string of the molecule is CCCCc1ccp(CCCC)c1N. The standard InChI is InChI=1S/C12H22NP/c1-3-5-7-11-8-10-14(12(11)13)9-6-4-2/h8,10H,3-7,9,13H2,1-2H3. The highest BCUT2D eigenvalue weighted by atomic mass is 31.1. The molecule has 0 aliphatic carbocycles. The zero-order valence-electron chi connectivity index (χ0n) is 9.42. The Morgan fingerprint density at radius 2 is 1.93 bits per heavy atom. The summed E-state index contributed by atoms with van der Waals surface area (Å²) in [5.41, 5.74) is 8.79. The van der Waals surface area contributed by atoms with Gasteiger partial charge in [0.1, 0.15) is 0 Å². The van der Waals surface area contributed by atoms with Gasteiger partial charge in [0.05, 0.1) is 5.42 Å². The zero-order chi connectivity index (χ0) is 10.4. The first-order valence-electron chi connectivity index (χ1n) is 5.73. The van der Waals surface area contributed by atoms with Crippen LogP contribution in [-0.4, -0.2) is 0 Å². The van der Waals surface area contributed by atoms with E-state index in [4.69, 9.17) is 5.73 Å². The molecule has 14 heavy (non-hydrogen) atoms. The molecule has 1 unspecified atom stereocenters. The predicted octanol–water partition coefficient (Wildman–Crippen LogP) is 4.40. The summed E-state index contributed by atoms with van der Waals surface area (Å²) in [5.74, 6) is 2.35. The molecular weight excluding hydrogens is 189 g/mol. The first-order valence-corrected chi connectivity index (χ1v) is 7.32. The molecule has 0 aliphatic heterocycles. The molecular formula is C12H22NP. The van der Waals surface area contributed by atoms with Crippen molar-refractivity contribution in [2.75, 3.05) is 5.73 Å². The zero-order valence-corrected chi connectivity index (χ0v) is 10.3. The Hall–Kier alpha value is -0.420. The van der Waals surface area contributed by atoms with E-state index in [9.17, 15) is 0 Å². The average molecular weight is 211 g/mol. The Morgan fingerprint density at radius 3 is 2.57 bits per heavy atom. The summed E-state index contributed by atoms with van der Waals surface area (Å²) >= 11 is 0. The van der Waals surface area contributed by atoms with Gasteiger partial charge in [-0.3, -0.25) is 0 Å². The lowest BCUT2D eigenvalue weighted by Crippen LogP contribution is -1.89. The Labute approximate surface area is 88.8 Å². The second kappa shape index (κ2) is 6.14.